The lowest BCUT2D eigenvalue weighted by molar-refractivity contribution is -0.137. The van der Waals surface area contributed by atoms with Crippen molar-refractivity contribution in [1.29, 1.82) is 5.41 Å². The summed E-state index contributed by atoms with van der Waals surface area (Å²) in [6.07, 6.45) is -3.90. The largest absolute Gasteiger partial charge is 0.507 e. The van der Waals surface area contributed by atoms with Gasteiger partial charge in [-0.1, -0.05) is 42.5 Å². The number of ketones is 1. The minimum absolute atomic E-state index is 0.0264. The average molecular weight is 579 g/mol. The van der Waals surface area contributed by atoms with Crippen LogP contribution in [0, 0.1) is 5.41 Å². The third kappa shape index (κ3) is 4.87. The molecular weight excluding hydrogens is 549 g/mol. The highest BCUT2D eigenvalue weighted by atomic mass is 19.4. The molecule has 1 atom stereocenters. The Labute approximate surface area is 241 Å². The van der Waals surface area contributed by atoms with Crippen LogP contribution >= 0.6 is 0 Å². The predicted octanol–water partition coefficient (Wildman–Crippen LogP) is 7.29. The number of nitrogens with zero attached hydrogens (tertiary/aromatic N) is 1. The third-order valence-electron chi connectivity index (χ3n) is 7.53. The van der Waals surface area contributed by atoms with E-state index in [1.807, 2.05) is 0 Å². The molecule has 5 rings (SSSR count). The van der Waals surface area contributed by atoms with Gasteiger partial charge < -0.3 is 19.3 Å². The van der Waals surface area contributed by atoms with Crippen molar-refractivity contribution in [3.05, 3.63) is 100 Å². The molecular formula is C32H29F3N2O5. The molecule has 2 N–H and O–H groups in total. The van der Waals surface area contributed by atoms with Crippen LogP contribution in [0.2, 0.25) is 0 Å². The molecule has 10 heteroatoms. The number of nitrogens with one attached hydrogen (secondary N) is 1. The van der Waals surface area contributed by atoms with Crippen molar-refractivity contribution < 1.29 is 37.3 Å². The van der Waals surface area contributed by atoms with Crippen molar-refractivity contribution in [2.45, 2.75) is 31.4 Å². The van der Waals surface area contributed by atoms with Gasteiger partial charge >= 0.3 is 6.18 Å². The molecule has 7 nitrogen and oxygen atoms in total. The average Bonchev–Trinajstić information content (AvgIpc) is 2.99. The van der Waals surface area contributed by atoms with Crippen molar-refractivity contribution in [2.75, 3.05) is 26.2 Å². The topological polar surface area (TPSA) is 92.1 Å². The summed E-state index contributed by atoms with van der Waals surface area (Å²) < 4.78 is 59.3. The Hall–Kier alpha value is -4.73. The summed E-state index contributed by atoms with van der Waals surface area (Å²) in [6, 6.07) is 16.6. The van der Waals surface area contributed by atoms with E-state index in [1.165, 1.54) is 39.5 Å². The fraction of sp³-hybridized carbons (Fsp3) is 0.250. The number of para-hydroxylation sites is 1. The Morgan fingerprint density at radius 1 is 0.929 bits per heavy atom. The Kier molecular flexibility index (Phi) is 7.73. The quantitative estimate of drug-likeness (QED) is 0.299. The molecule has 0 saturated carbocycles. The van der Waals surface area contributed by atoms with Crippen molar-refractivity contribution in [1.82, 2.24) is 0 Å². The van der Waals surface area contributed by atoms with Crippen molar-refractivity contribution in [3.63, 3.8) is 0 Å². The second kappa shape index (κ2) is 11.3. The van der Waals surface area contributed by atoms with E-state index >= 15 is 0 Å². The smallest absolute Gasteiger partial charge is 0.418 e. The number of amidine groups is 1. The van der Waals surface area contributed by atoms with Crippen LogP contribution in [0.25, 0.3) is 5.76 Å². The molecule has 0 radical (unpaired) electrons. The number of carbonyl (C=O) groups is 1. The highest BCUT2D eigenvalue weighted by Gasteiger charge is 2.46. The Bertz CT molecular complexity index is 1590. The molecule has 0 saturated heterocycles. The van der Waals surface area contributed by atoms with Crippen LogP contribution in [0.15, 0.2) is 83.6 Å². The lowest BCUT2D eigenvalue weighted by atomic mass is 9.73. The number of rotatable bonds is 6. The second-order valence-corrected chi connectivity index (χ2v) is 9.86. The Morgan fingerprint density at radius 2 is 1.55 bits per heavy atom. The number of methoxy groups -OCH3 is 3. The predicted molar refractivity (Wildman–Crippen MR) is 152 cm³/mol. The van der Waals surface area contributed by atoms with Gasteiger partial charge in [-0.05, 0) is 42.7 Å². The maximum absolute atomic E-state index is 14.3. The first-order valence-corrected chi connectivity index (χ1v) is 13.2. The number of aliphatic hydroxyl groups is 1. The van der Waals surface area contributed by atoms with Gasteiger partial charge in [-0.25, -0.2) is 0 Å². The van der Waals surface area contributed by atoms with Crippen LogP contribution < -0.4 is 19.1 Å². The van der Waals surface area contributed by atoms with Crippen LogP contribution in [0.1, 0.15) is 41.9 Å². The maximum atomic E-state index is 14.3. The van der Waals surface area contributed by atoms with E-state index in [9.17, 15) is 28.5 Å². The van der Waals surface area contributed by atoms with Crippen LogP contribution in [0.5, 0.6) is 17.2 Å². The molecule has 0 fully saturated rings. The standard InChI is InChI=1S/C32H29F3N2O5/c1-40-24-16-19(17-25(41-2)30(24)42-3)26-27-22(14-9-15-23(27)38)37(21-13-8-7-12-20(21)32(33,34)35)31(36)28(26)29(39)18-10-5-4-6-11-18/h4-8,10-13,16-17,26,36,39H,9,14-15H2,1-3H3/t26-/m0/s1. The maximum Gasteiger partial charge on any atom is 0.418 e. The van der Waals surface area contributed by atoms with E-state index in [1.54, 1.807) is 42.5 Å². The van der Waals surface area contributed by atoms with Gasteiger partial charge in [-0.15, -0.1) is 0 Å². The zero-order valence-electron chi connectivity index (χ0n) is 23.2. The molecule has 0 spiro atoms. The molecule has 0 unspecified atom stereocenters. The first kappa shape index (κ1) is 28.8. The number of Topliss-reactive ketones (excluding diaryl/α,β-unsaturated/α-hetero) is 1. The minimum atomic E-state index is -4.73. The van der Waals surface area contributed by atoms with Crippen LogP contribution in [0.3, 0.4) is 0 Å². The van der Waals surface area contributed by atoms with Gasteiger partial charge in [0.25, 0.3) is 0 Å². The fourth-order valence-corrected chi connectivity index (χ4v) is 5.72. The van der Waals surface area contributed by atoms with Gasteiger partial charge in [0, 0.05) is 34.7 Å². The zero-order chi connectivity index (χ0) is 30.2. The third-order valence-corrected chi connectivity index (χ3v) is 7.53. The van der Waals surface area contributed by atoms with Gasteiger partial charge in [0.1, 0.15) is 11.6 Å². The Morgan fingerprint density at radius 3 is 2.14 bits per heavy atom. The number of benzene rings is 3. The number of anilines is 1. The lowest BCUT2D eigenvalue weighted by Gasteiger charge is -2.42. The molecule has 0 amide bonds. The van der Waals surface area contributed by atoms with Crippen molar-refractivity contribution in [2.24, 2.45) is 0 Å². The number of allylic oxidation sites excluding steroid dienone is 2. The first-order chi connectivity index (χ1) is 20.1. The van der Waals surface area contributed by atoms with Crippen molar-refractivity contribution >= 4 is 23.1 Å². The molecule has 1 aliphatic heterocycles. The minimum Gasteiger partial charge on any atom is -0.507 e. The number of aliphatic hydroxyl groups excluding tert-OH is 1. The molecule has 0 aromatic heterocycles. The number of halogens is 3. The first-order valence-electron chi connectivity index (χ1n) is 13.2. The molecule has 218 valence electrons. The van der Waals surface area contributed by atoms with Gasteiger partial charge in [-0.2, -0.15) is 13.2 Å². The number of alkyl halides is 3. The summed E-state index contributed by atoms with van der Waals surface area (Å²) in [5, 5.41) is 21.1. The zero-order valence-corrected chi connectivity index (χ0v) is 23.2. The van der Waals surface area contributed by atoms with Crippen LogP contribution in [-0.2, 0) is 11.0 Å². The van der Waals surface area contributed by atoms with Crippen molar-refractivity contribution in [3.8, 4) is 17.2 Å². The second-order valence-electron chi connectivity index (χ2n) is 9.86. The van der Waals surface area contributed by atoms with Gasteiger partial charge in [0.15, 0.2) is 17.3 Å². The van der Waals surface area contributed by atoms with E-state index in [2.05, 4.69) is 0 Å². The van der Waals surface area contributed by atoms with E-state index in [0.717, 1.165) is 11.0 Å². The number of hydrogen-bond acceptors (Lipinski definition) is 6. The number of ether oxygens (including phenoxy) is 3. The van der Waals surface area contributed by atoms with Gasteiger partial charge in [-0.3, -0.25) is 15.1 Å². The molecule has 2 aliphatic rings. The normalized spacial score (nSPS) is 18.5. The Balaban J connectivity index is 1.89. The van der Waals surface area contributed by atoms with Crippen LogP contribution in [0.4, 0.5) is 18.9 Å². The van der Waals surface area contributed by atoms with Crippen LogP contribution in [-0.4, -0.2) is 38.1 Å². The molecule has 0 bridgehead atoms. The lowest BCUT2D eigenvalue weighted by Crippen LogP contribution is -2.43. The van der Waals surface area contributed by atoms with E-state index in [-0.39, 0.29) is 64.2 Å². The molecule has 3 aromatic rings. The summed E-state index contributed by atoms with van der Waals surface area (Å²) in [7, 11) is 4.33. The molecule has 1 heterocycles. The highest BCUT2D eigenvalue weighted by Crippen LogP contribution is 2.52. The van der Waals surface area contributed by atoms with Gasteiger partial charge in [0.05, 0.1) is 32.6 Å². The van der Waals surface area contributed by atoms with E-state index in [4.69, 9.17) is 14.2 Å². The molecule has 1 aliphatic carbocycles. The monoisotopic (exact) mass is 578 g/mol. The fourth-order valence-electron chi connectivity index (χ4n) is 5.72. The summed E-state index contributed by atoms with van der Waals surface area (Å²) >= 11 is 0. The summed E-state index contributed by atoms with van der Waals surface area (Å²) in [6.45, 7) is 0. The van der Waals surface area contributed by atoms with Gasteiger partial charge in [0.2, 0.25) is 5.75 Å². The summed E-state index contributed by atoms with van der Waals surface area (Å²) in [5.74, 6) is -1.13. The van der Waals surface area contributed by atoms with E-state index < -0.39 is 17.7 Å². The molecule has 42 heavy (non-hydrogen) atoms. The highest BCUT2D eigenvalue weighted by molar-refractivity contribution is 6.20. The number of hydrogen-bond donors (Lipinski definition) is 2. The van der Waals surface area contributed by atoms with E-state index in [0.29, 0.717) is 23.3 Å². The number of carbonyl (C=O) groups excluding carboxylic acids is 1. The molecule has 3 aromatic carbocycles. The summed E-state index contributed by atoms with van der Waals surface area (Å²) in [5.41, 5.74) is 0.00588. The summed E-state index contributed by atoms with van der Waals surface area (Å²) in [4.78, 5) is 14.9. The SMILES string of the molecule is COc1cc([C@@H]2C(=C(O)c3ccccc3)C(=N)N(c3ccccc3C(F)(F)F)C3=C2C(=O)CCC3)cc(OC)c1OC.